The first-order valence-electron chi connectivity index (χ1n) is 8.04. The lowest BCUT2D eigenvalue weighted by molar-refractivity contribution is 0.0572. The number of hydrogen-bond donors (Lipinski definition) is 1. The van der Waals surface area contributed by atoms with Crippen LogP contribution in [0.3, 0.4) is 0 Å². The van der Waals surface area contributed by atoms with Crippen LogP contribution < -0.4 is 10.5 Å². The van der Waals surface area contributed by atoms with Gasteiger partial charge in [0, 0.05) is 30.4 Å². The van der Waals surface area contributed by atoms with Crippen LogP contribution in [0, 0.1) is 5.92 Å². The maximum Gasteiger partial charge on any atom is 0.217 e. The van der Waals surface area contributed by atoms with E-state index in [1.54, 1.807) is 13.3 Å². The number of hydrogen-bond acceptors (Lipinski definition) is 4. The van der Waals surface area contributed by atoms with Crippen LogP contribution in [0.1, 0.15) is 44.6 Å². The second kappa shape index (κ2) is 7.23. The molecular weight excluding hydrogens is 262 g/mol. The molecule has 1 heterocycles. The summed E-state index contributed by atoms with van der Waals surface area (Å²) in [7, 11) is 3.86. The summed E-state index contributed by atoms with van der Waals surface area (Å²) in [5.74, 6) is 1.60. The number of likely N-dealkylation sites (N-methyl/N-ethyl adjacent to an activating group) is 1. The topological polar surface area (TPSA) is 51.4 Å². The fraction of sp³-hybridized carbons (Fsp3) is 0.706. The van der Waals surface area contributed by atoms with Gasteiger partial charge in [0.1, 0.15) is 0 Å². The summed E-state index contributed by atoms with van der Waals surface area (Å²) >= 11 is 0. The van der Waals surface area contributed by atoms with Crippen LogP contribution in [0.15, 0.2) is 18.3 Å². The third kappa shape index (κ3) is 3.55. The molecule has 0 aromatic carbocycles. The van der Waals surface area contributed by atoms with Gasteiger partial charge in [-0.1, -0.05) is 19.4 Å². The minimum Gasteiger partial charge on any atom is -0.481 e. The van der Waals surface area contributed by atoms with Crippen molar-refractivity contribution in [2.75, 3.05) is 20.7 Å². The van der Waals surface area contributed by atoms with Crippen LogP contribution in [0.25, 0.3) is 0 Å². The van der Waals surface area contributed by atoms with Crippen LogP contribution in [0.5, 0.6) is 5.88 Å². The van der Waals surface area contributed by atoms with Crippen LogP contribution in [0.2, 0.25) is 0 Å². The van der Waals surface area contributed by atoms with Gasteiger partial charge >= 0.3 is 0 Å². The number of nitrogens with zero attached hydrogens (tertiary/aromatic N) is 2. The summed E-state index contributed by atoms with van der Waals surface area (Å²) in [5.41, 5.74) is 7.43. The quantitative estimate of drug-likeness (QED) is 0.875. The van der Waals surface area contributed by atoms with E-state index in [1.807, 2.05) is 6.07 Å². The lowest BCUT2D eigenvalue weighted by atomic mass is 9.74. The fourth-order valence-electron chi connectivity index (χ4n) is 3.52. The summed E-state index contributed by atoms with van der Waals surface area (Å²) in [5, 5.41) is 0. The predicted octanol–water partition coefficient (Wildman–Crippen LogP) is 2.82. The van der Waals surface area contributed by atoms with Crippen molar-refractivity contribution in [3.63, 3.8) is 0 Å². The average Bonchev–Trinajstić information content (AvgIpc) is 2.55. The van der Waals surface area contributed by atoms with Crippen LogP contribution in [-0.4, -0.2) is 36.1 Å². The first-order valence-corrected chi connectivity index (χ1v) is 8.04. The Morgan fingerprint density at radius 1 is 1.43 bits per heavy atom. The zero-order valence-corrected chi connectivity index (χ0v) is 13.6. The molecule has 0 saturated heterocycles. The molecule has 0 amide bonds. The number of ether oxygens (including phenoxy) is 1. The molecule has 4 nitrogen and oxygen atoms in total. The summed E-state index contributed by atoms with van der Waals surface area (Å²) in [6, 6.07) is 4.05. The van der Waals surface area contributed by atoms with Crippen molar-refractivity contribution >= 4 is 0 Å². The Labute approximate surface area is 128 Å². The number of pyridine rings is 1. The molecule has 0 radical (unpaired) electrons. The molecule has 1 saturated carbocycles. The van der Waals surface area contributed by atoms with E-state index in [2.05, 4.69) is 29.9 Å². The van der Waals surface area contributed by atoms with E-state index in [9.17, 15) is 0 Å². The Morgan fingerprint density at radius 2 is 2.14 bits per heavy atom. The standard InChI is InChI=1S/C17H29N3O/c1-4-14-7-9-17(13-18,10-8-14)20(2)12-15-6-5-11-19-16(15)21-3/h5-6,11,14H,4,7-10,12-13,18H2,1-3H3. The first kappa shape index (κ1) is 16.2. The summed E-state index contributed by atoms with van der Waals surface area (Å²) < 4.78 is 5.37. The van der Waals surface area contributed by atoms with Gasteiger partial charge in [0.25, 0.3) is 0 Å². The highest BCUT2D eigenvalue weighted by atomic mass is 16.5. The van der Waals surface area contributed by atoms with Gasteiger partial charge in [-0.2, -0.15) is 0 Å². The normalized spacial score (nSPS) is 26.0. The van der Waals surface area contributed by atoms with E-state index < -0.39 is 0 Å². The monoisotopic (exact) mass is 291 g/mol. The van der Waals surface area contributed by atoms with E-state index in [0.29, 0.717) is 0 Å². The summed E-state index contributed by atoms with van der Waals surface area (Å²) in [6.45, 7) is 3.86. The van der Waals surface area contributed by atoms with Gasteiger partial charge in [0.15, 0.2) is 0 Å². The number of rotatable bonds is 6. The second-order valence-corrected chi connectivity index (χ2v) is 6.31. The van der Waals surface area contributed by atoms with Gasteiger partial charge in [-0.05, 0) is 44.7 Å². The molecule has 118 valence electrons. The minimum absolute atomic E-state index is 0.131. The summed E-state index contributed by atoms with van der Waals surface area (Å²) in [6.07, 6.45) is 8.04. The Hall–Kier alpha value is -1.13. The highest BCUT2D eigenvalue weighted by Crippen LogP contribution is 2.37. The van der Waals surface area contributed by atoms with Crippen molar-refractivity contribution in [1.29, 1.82) is 0 Å². The lowest BCUT2D eigenvalue weighted by Crippen LogP contribution is -2.53. The molecule has 1 fully saturated rings. The van der Waals surface area contributed by atoms with Crippen LogP contribution in [0.4, 0.5) is 0 Å². The zero-order chi connectivity index (χ0) is 15.3. The second-order valence-electron chi connectivity index (χ2n) is 6.31. The Bertz CT molecular complexity index is 441. The lowest BCUT2D eigenvalue weighted by Gasteiger charge is -2.46. The van der Waals surface area contributed by atoms with Crippen molar-refractivity contribution in [1.82, 2.24) is 9.88 Å². The third-order valence-corrected chi connectivity index (χ3v) is 5.25. The van der Waals surface area contributed by atoms with E-state index in [1.165, 1.54) is 32.1 Å². The van der Waals surface area contributed by atoms with Crippen LogP contribution >= 0.6 is 0 Å². The molecule has 0 atom stereocenters. The Morgan fingerprint density at radius 3 is 2.71 bits per heavy atom. The van der Waals surface area contributed by atoms with Gasteiger partial charge in [-0.3, -0.25) is 4.90 Å². The van der Waals surface area contributed by atoms with Gasteiger partial charge in [-0.25, -0.2) is 4.98 Å². The number of aromatic nitrogens is 1. The van der Waals surface area contributed by atoms with Gasteiger partial charge in [-0.15, -0.1) is 0 Å². The zero-order valence-electron chi connectivity index (χ0n) is 13.6. The van der Waals surface area contributed by atoms with Crippen molar-refractivity contribution in [3.05, 3.63) is 23.9 Å². The maximum absolute atomic E-state index is 6.16. The van der Waals surface area contributed by atoms with Crippen molar-refractivity contribution in [3.8, 4) is 5.88 Å². The molecule has 0 bridgehead atoms. The highest BCUT2D eigenvalue weighted by Gasteiger charge is 2.37. The van der Waals surface area contributed by atoms with Crippen molar-refractivity contribution in [2.24, 2.45) is 11.7 Å². The Kier molecular flexibility index (Phi) is 5.59. The van der Waals surface area contributed by atoms with E-state index in [-0.39, 0.29) is 5.54 Å². The van der Waals surface area contributed by atoms with Crippen molar-refractivity contribution < 1.29 is 4.74 Å². The number of methoxy groups -OCH3 is 1. The predicted molar refractivity (Wildman–Crippen MR) is 86.3 cm³/mol. The van der Waals surface area contributed by atoms with E-state index in [4.69, 9.17) is 10.5 Å². The third-order valence-electron chi connectivity index (χ3n) is 5.25. The highest BCUT2D eigenvalue weighted by molar-refractivity contribution is 5.25. The fourth-order valence-corrected chi connectivity index (χ4v) is 3.52. The molecule has 1 aliphatic rings. The summed E-state index contributed by atoms with van der Waals surface area (Å²) in [4.78, 5) is 6.70. The number of nitrogens with two attached hydrogens (primary N) is 1. The van der Waals surface area contributed by atoms with Crippen LogP contribution in [-0.2, 0) is 6.54 Å². The first-order chi connectivity index (χ1) is 10.1. The maximum atomic E-state index is 6.16. The van der Waals surface area contributed by atoms with E-state index >= 15 is 0 Å². The molecule has 0 unspecified atom stereocenters. The molecule has 21 heavy (non-hydrogen) atoms. The molecule has 0 spiro atoms. The molecule has 0 aliphatic heterocycles. The van der Waals surface area contributed by atoms with Gasteiger partial charge < -0.3 is 10.5 Å². The molecule has 2 rings (SSSR count). The largest absolute Gasteiger partial charge is 0.481 e. The molecule has 2 N–H and O–H groups in total. The molecule has 1 aliphatic carbocycles. The molecular formula is C17H29N3O. The Balaban J connectivity index is 2.08. The molecule has 4 heteroatoms. The van der Waals surface area contributed by atoms with Crippen molar-refractivity contribution in [2.45, 2.75) is 51.1 Å². The smallest absolute Gasteiger partial charge is 0.217 e. The minimum atomic E-state index is 0.131. The molecule has 1 aromatic rings. The van der Waals surface area contributed by atoms with E-state index in [0.717, 1.165) is 30.5 Å². The molecule has 1 aromatic heterocycles. The average molecular weight is 291 g/mol. The van der Waals surface area contributed by atoms with Gasteiger partial charge in [0.2, 0.25) is 5.88 Å². The van der Waals surface area contributed by atoms with Gasteiger partial charge in [0.05, 0.1) is 7.11 Å². The SMILES string of the molecule is CCC1CCC(CN)(N(C)Cc2cccnc2OC)CC1.